The van der Waals surface area contributed by atoms with Crippen molar-refractivity contribution in [3.63, 3.8) is 0 Å². The van der Waals surface area contributed by atoms with Gasteiger partial charge in [0.1, 0.15) is 11.5 Å². The van der Waals surface area contributed by atoms with E-state index >= 15 is 0 Å². The molecule has 0 amide bonds. The van der Waals surface area contributed by atoms with Crippen LogP contribution < -0.4 is 16.2 Å². The Morgan fingerprint density at radius 3 is 2.96 bits per heavy atom. The van der Waals surface area contributed by atoms with Crippen molar-refractivity contribution < 1.29 is 0 Å². The van der Waals surface area contributed by atoms with Crippen LogP contribution in [0.3, 0.4) is 0 Å². The molecule has 0 bridgehead atoms. The van der Waals surface area contributed by atoms with E-state index in [1.165, 1.54) is 6.07 Å². The Morgan fingerprint density at radius 2 is 2.16 bits per heavy atom. The molecule has 3 aromatic rings. The van der Waals surface area contributed by atoms with Crippen molar-refractivity contribution in [2.75, 3.05) is 23.7 Å². The fourth-order valence-electron chi connectivity index (χ4n) is 2.36. The van der Waals surface area contributed by atoms with E-state index in [4.69, 9.17) is 0 Å². The molecule has 0 unspecified atom stereocenters. The first-order valence-corrected chi connectivity index (χ1v) is 8.06. The fourth-order valence-corrected chi connectivity index (χ4v) is 2.36. The first kappa shape index (κ1) is 16.6. The number of rotatable bonds is 7. The van der Waals surface area contributed by atoms with Crippen LogP contribution >= 0.6 is 0 Å². The number of aryl methyl sites for hydroxylation is 1. The van der Waals surface area contributed by atoms with Crippen molar-refractivity contribution in [3.05, 3.63) is 46.6 Å². The van der Waals surface area contributed by atoms with Crippen LogP contribution in [-0.2, 0) is 6.54 Å². The molecule has 0 aliphatic heterocycles. The predicted molar refractivity (Wildman–Crippen MR) is 95.5 cm³/mol. The molecule has 25 heavy (non-hydrogen) atoms. The van der Waals surface area contributed by atoms with Crippen LogP contribution in [0.25, 0.3) is 11.3 Å². The average Bonchev–Trinajstić information content (AvgIpc) is 3.03. The summed E-state index contributed by atoms with van der Waals surface area (Å²) in [6.07, 6.45) is 3.62. The van der Waals surface area contributed by atoms with E-state index in [0.29, 0.717) is 24.7 Å². The highest BCUT2D eigenvalue weighted by Gasteiger charge is 2.05. The lowest BCUT2D eigenvalue weighted by Gasteiger charge is -2.05. The summed E-state index contributed by atoms with van der Waals surface area (Å²) in [6, 6.07) is 5.29. The lowest BCUT2D eigenvalue weighted by Crippen LogP contribution is -2.16. The minimum atomic E-state index is -0.174. The molecular formula is C16H20N8O. The van der Waals surface area contributed by atoms with Crippen LogP contribution in [0.1, 0.15) is 12.6 Å². The summed E-state index contributed by atoms with van der Waals surface area (Å²) in [6.45, 7) is 5.77. The van der Waals surface area contributed by atoms with Gasteiger partial charge in [-0.2, -0.15) is 0 Å². The van der Waals surface area contributed by atoms with Crippen molar-refractivity contribution in [3.8, 4) is 11.3 Å². The molecule has 3 N–H and O–H groups in total. The SMILES string of the molecule is CCNc1cc(-c2cn(CCNc3nc(C)cc(=O)[nH]3)nn2)ccn1. The standard InChI is InChI=1S/C16H20N8O/c1-3-17-14-9-12(4-5-18-14)13-10-24(23-22-13)7-6-19-16-20-11(2)8-15(25)21-16/h4-5,8-10H,3,6-7H2,1-2H3,(H,17,18)(H2,19,20,21,25). The second-order valence-electron chi connectivity index (χ2n) is 5.49. The molecule has 9 nitrogen and oxygen atoms in total. The molecule has 3 heterocycles. The fraction of sp³-hybridized carbons (Fsp3) is 0.312. The second kappa shape index (κ2) is 7.56. The molecule has 0 aromatic carbocycles. The highest BCUT2D eigenvalue weighted by atomic mass is 16.1. The van der Waals surface area contributed by atoms with Crippen LogP contribution in [0.4, 0.5) is 11.8 Å². The maximum Gasteiger partial charge on any atom is 0.252 e. The monoisotopic (exact) mass is 340 g/mol. The first-order chi connectivity index (χ1) is 12.1. The first-order valence-electron chi connectivity index (χ1n) is 8.06. The van der Waals surface area contributed by atoms with Gasteiger partial charge in [0.15, 0.2) is 0 Å². The zero-order valence-corrected chi connectivity index (χ0v) is 14.2. The molecule has 0 fully saturated rings. The Kier molecular flexibility index (Phi) is 5.03. The Labute approximate surface area is 144 Å². The number of nitrogens with one attached hydrogen (secondary N) is 3. The smallest absolute Gasteiger partial charge is 0.252 e. The topological polar surface area (TPSA) is 113 Å². The van der Waals surface area contributed by atoms with Crippen molar-refractivity contribution >= 4 is 11.8 Å². The molecule has 0 radical (unpaired) electrons. The Hall–Kier alpha value is -3.23. The van der Waals surface area contributed by atoms with Gasteiger partial charge in [-0.3, -0.25) is 14.5 Å². The maximum absolute atomic E-state index is 11.4. The lowest BCUT2D eigenvalue weighted by atomic mass is 10.2. The van der Waals surface area contributed by atoms with Gasteiger partial charge in [0.2, 0.25) is 5.95 Å². The summed E-state index contributed by atoms with van der Waals surface area (Å²) in [4.78, 5) is 22.5. The maximum atomic E-state index is 11.4. The van der Waals surface area contributed by atoms with Crippen molar-refractivity contribution in [2.45, 2.75) is 20.4 Å². The van der Waals surface area contributed by atoms with Crippen molar-refractivity contribution in [2.24, 2.45) is 0 Å². The van der Waals surface area contributed by atoms with E-state index < -0.39 is 0 Å². The zero-order valence-electron chi connectivity index (χ0n) is 14.2. The van der Waals surface area contributed by atoms with E-state index in [-0.39, 0.29) is 5.56 Å². The number of aromatic amines is 1. The number of hydrogen-bond acceptors (Lipinski definition) is 7. The Bertz CT molecular complexity index is 901. The summed E-state index contributed by atoms with van der Waals surface area (Å²) in [5.74, 6) is 1.26. The Morgan fingerprint density at radius 1 is 1.28 bits per heavy atom. The minimum Gasteiger partial charge on any atom is -0.370 e. The van der Waals surface area contributed by atoms with Crippen LogP contribution in [0.15, 0.2) is 35.4 Å². The van der Waals surface area contributed by atoms with E-state index in [9.17, 15) is 4.79 Å². The van der Waals surface area contributed by atoms with Gasteiger partial charge in [0.05, 0.1) is 12.7 Å². The van der Waals surface area contributed by atoms with Crippen molar-refractivity contribution in [1.82, 2.24) is 29.9 Å². The molecule has 0 aliphatic rings. The highest BCUT2D eigenvalue weighted by molar-refractivity contribution is 5.61. The second-order valence-corrected chi connectivity index (χ2v) is 5.49. The summed E-state index contributed by atoms with van der Waals surface area (Å²) in [5.41, 5.74) is 2.23. The van der Waals surface area contributed by atoms with Crippen LogP contribution in [0.2, 0.25) is 0 Å². The quantitative estimate of drug-likeness (QED) is 0.593. The third-order valence-corrected chi connectivity index (χ3v) is 3.46. The summed E-state index contributed by atoms with van der Waals surface area (Å²) >= 11 is 0. The van der Waals surface area contributed by atoms with Gasteiger partial charge in [-0.1, -0.05) is 5.21 Å². The normalized spacial score (nSPS) is 10.6. The number of anilines is 2. The van der Waals surface area contributed by atoms with E-state index in [2.05, 4.69) is 35.9 Å². The van der Waals surface area contributed by atoms with E-state index in [1.807, 2.05) is 25.3 Å². The molecule has 0 spiro atoms. The third-order valence-electron chi connectivity index (χ3n) is 3.46. The van der Waals surface area contributed by atoms with Crippen LogP contribution in [0.5, 0.6) is 0 Å². The number of aromatic nitrogens is 6. The van der Waals surface area contributed by atoms with Gasteiger partial charge in [-0.15, -0.1) is 5.10 Å². The predicted octanol–water partition coefficient (Wildman–Crippen LogP) is 1.28. The van der Waals surface area contributed by atoms with Gasteiger partial charge >= 0.3 is 0 Å². The number of pyridine rings is 1. The summed E-state index contributed by atoms with van der Waals surface area (Å²) in [7, 11) is 0. The van der Waals surface area contributed by atoms with Gasteiger partial charge in [0, 0.05) is 36.6 Å². The highest BCUT2D eigenvalue weighted by Crippen LogP contribution is 2.18. The van der Waals surface area contributed by atoms with Gasteiger partial charge in [-0.05, 0) is 26.0 Å². The van der Waals surface area contributed by atoms with E-state index in [0.717, 1.165) is 23.6 Å². The van der Waals surface area contributed by atoms with E-state index in [1.54, 1.807) is 17.8 Å². The molecule has 0 aliphatic carbocycles. The molecule has 0 saturated heterocycles. The molecule has 3 rings (SSSR count). The lowest BCUT2D eigenvalue weighted by molar-refractivity contribution is 0.607. The molecule has 3 aromatic heterocycles. The van der Waals surface area contributed by atoms with Crippen LogP contribution in [-0.4, -0.2) is 43.0 Å². The zero-order chi connectivity index (χ0) is 17.6. The molecule has 0 atom stereocenters. The Balaban J connectivity index is 1.62. The van der Waals surface area contributed by atoms with Crippen molar-refractivity contribution in [1.29, 1.82) is 0 Å². The molecule has 9 heteroatoms. The summed E-state index contributed by atoms with van der Waals surface area (Å²) in [5, 5.41) is 14.6. The number of nitrogens with zero attached hydrogens (tertiary/aromatic N) is 5. The minimum absolute atomic E-state index is 0.174. The number of hydrogen-bond donors (Lipinski definition) is 3. The summed E-state index contributed by atoms with van der Waals surface area (Å²) < 4.78 is 1.74. The average molecular weight is 340 g/mol. The number of H-pyrrole nitrogens is 1. The molecule has 130 valence electrons. The third kappa shape index (κ3) is 4.40. The largest absolute Gasteiger partial charge is 0.370 e. The van der Waals surface area contributed by atoms with Gasteiger partial charge in [-0.25, -0.2) is 9.97 Å². The van der Waals surface area contributed by atoms with Gasteiger partial charge < -0.3 is 10.6 Å². The molecule has 0 saturated carbocycles. The van der Waals surface area contributed by atoms with Crippen LogP contribution in [0, 0.1) is 6.92 Å². The molecular weight excluding hydrogens is 320 g/mol. The van der Waals surface area contributed by atoms with Gasteiger partial charge in [0.25, 0.3) is 5.56 Å².